The normalized spacial score (nSPS) is 20.8. The Kier molecular flexibility index (Phi) is 5.73. The van der Waals surface area contributed by atoms with Gasteiger partial charge in [0, 0.05) is 29.0 Å². The fraction of sp³-hybridized carbons (Fsp3) is 0.478. The first-order chi connectivity index (χ1) is 13.7. The van der Waals surface area contributed by atoms with Crippen LogP contribution in [0.3, 0.4) is 0 Å². The van der Waals surface area contributed by atoms with Crippen molar-refractivity contribution in [3.05, 3.63) is 46.3 Å². The van der Waals surface area contributed by atoms with Crippen LogP contribution in [-0.2, 0) is 14.3 Å². The molecule has 2 aliphatic rings. The SMILES string of the molecule is CCOC(=O)C1=C(C)NC2=C(C(=O)CC(C)(C)C2)[C@H]1c1cc(OC)ccc1OC. The molecule has 156 valence electrons. The number of rotatable bonds is 5. The third-order valence-corrected chi connectivity index (χ3v) is 5.48. The van der Waals surface area contributed by atoms with Crippen LogP contribution in [-0.4, -0.2) is 32.6 Å². The van der Waals surface area contributed by atoms with E-state index in [0.717, 1.165) is 17.7 Å². The summed E-state index contributed by atoms with van der Waals surface area (Å²) in [6, 6.07) is 5.43. The van der Waals surface area contributed by atoms with Crippen molar-refractivity contribution in [2.45, 2.75) is 46.5 Å². The van der Waals surface area contributed by atoms with Crippen LogP contribution in [0.5, 0.6) is 11.5 Å². The first kappa shape index (κ1) is 21.0. The van der Waals surface area contributed by atoms with E-state index in [4.69, 9.17) is 14.2 Å². The molecule has 0 saturated carbocycles. The second kappa shape index (κ2) is 7.93. The Bertz CT molecular complexity index is 910. The molecule has 1 aliphatic carbocycles. The van der Waals surface area contributed by atoms with Gasteiger partial charge in [-0.2, -0.15) is 0 Å². The molecule has 0 radical (unpaired) electrons. The third kappa shape index (κ3) is 3.88. The number of Topliss-reactive ketones (excluding diaryl/α,β-unsaturated/α-hetero) is 1. The number of nitrogens with one attached hydrogen (secondary N) is 1. The van der Waals surface area contributed by atoms with E-state index in [1.165, 1.54) is 0 Å². The number of methoxy groups -OCH3 is 2. The summed E-state index contributed by atoms with van der Waals surface area (Å²) in [6.07, 6.45) is 1.15. The van der Waals surface area contributed by atoms with Crippen LogP contribution in [0.2, 0.25) is 0 Å². The molecule has 0 saturated heterocycles. The molecule has 6 nitrogen and oxygen atoms in total. The van der Waals surface area contributed by atoms with Crippen molar-refractivity contribution < 1.29 is 23.8 Å². The van der Waals surface area contributed by atoms with Gasteiger partial charge in [-0.1, -0.05) is 13.8 Å². The van der Waals surface area contributed by atoms with Crippen molar-refractivity contribution in [2.24, 2.45) is 5.41 Å². The van der Waals surface area contributed by atoms with Crippen LogP contribution >= 0.6 is 0 Å². The molecular formula is C23H29NO5. The molecule has 6 heteroatoms. The summed E-state index contributed by atoms with van der Waals surface area (Å²) in [7, 11) is 3.16. The van der Waals surface area contributed by atoms with E-state index in [0.29, 0.717) is 34.8 Å². The van der Waals surface area contributed by atoms with Crippen molar-refractivity contribution in [2.75, 3.05) is 20.8 Å². The second-order valence-corrected chi connectivity index (χ2v) is 8.26. The number of allylic oxidation sites excluding steroid dienone is 3. The van der Waals surface area contributed by atoms with Gasteiger partial charge in [0.2, 0.25) is 0 Å². The average molecular weight is 399 g/mol. The van der Waals surface area contributed by atoms with Gasteiger partial charge < -0.3 is 19.5 Å². The van der Waals surface area contributed by atoms with Crippen LogP contribution < -0.4 is 14.8 Å². The largest absolute Gasteiger partial charge is 0.497 e. The number of carbonyl (C=O) groups is 2. The van der Waals surface area contributed by atoms with Crippen molar-refractivity contribution in [1.82, 2.24) is 5.32 Å². The number of esters is 1. The maximum Gasteiger partial charge on any atom is 0.336 e. The quantitative estimate of drug-likeness (QED) is 0.758. The topological polar surface area (TPSA) is 73.9 Å². The van der Waals surface area contributed by atoms with Crippen molar-refractivity contribution >= 4 is 11.8 Å². The minimum atomic E-state index is -0.570. The molecule has 3 rings (SSSR count). The van der Waals surface area contributed by atoms with Gasteiger partial charge in [0.25, 0.3) is 0 Å². The van der Waals surface area contributed by atoms with Gasteiger partial charge in [0.1, 0.15) is 11.5 Å². The zero-order valence-electron chi connectivity index (χ0n) is 18.0. The summed E-state index contributed by atoms with van der Waals surface area (Å²) in [5.74, 6) is 0.256. The lowest BCUT2D eigenvalue weighted by Gasteiger charge is -2.39. The molecule has 1 heterocycles. The van der Waals surface area contributed by atoms with Crippen molar-refractivity contribution in [3.63, 3.8) is 0 Å². The fourth-order valence-electron chi connectivity index (χ4n) is 4.29. The molecule has 0 bridgehead atoms. The fourth-order valence-corrected chi connectivity index (χ4v) is 4.29. The number of carbonyl (C=O) groups excluding carboxylic acids is 2. The third-order valence-electron chi connectivity index (χ3n) is 5.48. The average Bonchev–Trinajstić information content (AvgIpc) is 2.65. The van der Waals surface area contributed by atoms with Gasteiger partial charge in [0.05, 0.1) is 32.3 Å². The van der Waals surface area contributed by atoms with Gasteiger partial charge in [-0.15, -0.1) is 0 Å². The van der Waals surface area contributed by atoms with Crippen molar-refractivity contribution in [1.29, 1.82) is 0 Å². The number of dihydropyridines is 1. The predicted octanol–water partition coefficient (Wildman–Crippen LogP) is 3.87. The highest BCUT2D eigenvalue weighted by molar-refractivity contribution is 6.04. The Morgan fingerprint density at radius 1 is 1.21 bits per heavy atom. The lowest BCUT2D eigenvalue weighted by molar-refractivity contribution is -0.138. The molecule has 1 N–H and O–H groups in total. The molecule has 0 unspecified atom stereocenters. The van der Waals surface area contributed by atoms with Gasteiger partial charge in [0.15, 0.2) is 5.78 Å². The van der Waals surface area contributed by atoms with Gasteiger partial charge in [-0.05, 0) is 43.9 Å². The van der Waals surface area contributed by atoms with Crippen LogP contribution in [0.1, 0.15) is 52.0 Å². The van der Waals surface area contributed by atoms with E-state index in [2.05, 4.69) is 19.2 Å². The van der Waals surface area contributed by atoms with Crippen LogP contribution in [0.4, 0.5) is 0 Å². The summed E-state index contributed by atoms with van der Waals surface area (Å²) in [4.78, 5) is 26.2. The molecule has 0 fully saturated rings. The van der Waals surface area contributed by atoms with Gasteiger partial charge >= 0.3 is 5.97 Å². The Morgan fingerprint density at radius 3 is 2.55 bits per heavy atom. The molecular weight excluding hydrogens is 370 g/mol. The van der Waals surface area contributed by atoms with Crippen LogP contribution in [0.15, 0.2) is 40.7 Å². The van der Waals surface area contributed by atoms with E-state index >= 15 is 0 Å². The first-order valence-corrected chi connectivity index (χ1v) is 9.85. The number of ether oxygens (including phenoxy) is 3. The molecule has 0 aromatic heterocycles. The molecule has 29 heavy (non-hydrogen) atoms. The Balaban J connectivity index is 2.26. The minimum Gasteiger partial charge on any atom is -0.497 e. The summed E-state index contributed by atoms with van der Waals surface area (Å²) in [5.41, 5.74) is 3.19. The highest BCUT2D eigenvalue weighted by Crippen LogP contribution is 2.49. The van der Waals surface area contributed by atoms with Crippen molar-refractivity contribution in [3.8, 4) is 11.5 Å². The summed E-state index contributed by atoms with van der Waals surface area (Å²) in [6.45, 7) is 8.03. The monoisotopic (exact) mass is 399 g/mol. The van der Waals surface area contributed by atoms with E-state index in [1.807, 2.05) is 13.0 Å². The van der Waals surface area contributed by atoms with Gasteiger partial charge in [-0.25, -0.2) is 4.79 Å². The molecule has 1 atom stereocenters. The Morgan fingerprint density at radius 2 is 1.93 bits per heavy atom. The maximum absolute atomic E-state index is 13.3. The van der Waals surface area contributed by atoms with Crippen LogP contribution in [0.25, 0.3) is 0 Å². The smallest absolute Gasteiger partial charge is 0.336 e. The second-order valence-electron chi connectivity index (χ2n) is 8.26. The van der Waals surface area contributed by atoms with E-state index in [1.54, 1.807) is 33.3 Å². The van der Waals surface area contributed by atoms with E-state index in [-0.39, 0.29) is 17.8 Å². The molecule has 1 aromatic carbocycles. The zero-order chi connectivity index (χ0) is 21.3. The van der Waals surface area contributed by atoms with E-state index in [9.17, 15) is 9.59 Å². The van der Waals surface area contributed by atoms with Crippen LogP contribution in [0, 0.1) is 5.41 Å². The summed E-state index contributed by atoms with van der Waals surface area (Å²) in [5, 5.41) is 3.33. The van der Waals surface area contributed by atoms with E-state index < -0.39 is 11.9 Å². The standard InChI is InChI=1S/C23H29NO5/c1-7-29-22(26)19-13(2)24-16-11-23(3,4)12-17(25)21(16)20(19)15-10-14(27-5)8-9-18(15)28-6/h8-10,20,24H,7,11-12H2,1-6H3/t20-/m0/s1. The lowest BCUT2D eigenvalue weighted by Crippen LogP contribution is -2.38. The maximum atomic E-state index is 13.3. The predicted molar refractivity (Wildman–Crippen MR) is 110 cm³/mol. The number of benzene rings is 1. The first-order valence-electron chi connectivity index (χ1n) is 9.85. The molecule has 0 spiro atoms. The molecule has 1 aromatic rings. The lowest BCUT2D eigenvalue weighted by atomic mass is 9.68. The number of hydrogen-bond donors (Lipinski definition) is 1. The highest BCUT2D eigenvalue weighted by atomic mass is 16.5. The molecule has 1 aliphatic heterocycles. The zero-order valence-corrected chi connectivity index (χ0v) is 18.0. The Hall–Kier alpha value is -2.76. The Labute approximate surface area is 171 Å². The highest BCUT2D eigenvalue weighted by Gasteiger charge is 2.44. The number of hydrogen-bond acceptors (Lipinski definition) is 6. The summed E-state index contributed by atoms with van der Waals surface area (Å²) >= 11 is 0. The minimum absolute atomic E-state index is 0.0351. The molecule has 0 amide bonds. The number of ketones is 1. The summed E-state index contributed by atoms with van der Waals surface area (Å²) < 4.78 is 16.3. The van der Waals surface area contributed by atoms with Gasteiger partial charge in [-0.3, -0.25) is 4.79 Å².